The number of H-pyrrole nitrogens is 1. The Hall–Kier alpha value is -1.72. The fourth-order valence-corrected chi connectivity index (χ4v) is 2.26. The van der Waals surface area contributed by atoms with Gasteiger partial charge in [-0.1, -0.05) is 18.9 Å². The lowest BCUT2D eigenvalue weighted by molar-refractivity contribution is -0.116. The highest BCUT2D eigenvalue weighted by molar-refractivity contribution is 5.91. The fraction of sp³-hybridized carbons (Fsp3) is 0.636. The first-order chi connectivity index (χ1) is 8.13. The van der Waals surface area contributed by atoms with Crippen LogP contribution in [0.3, 0.4) is 0 Å². The number of tetrazole rings is 1. The number of rotatable bonds is 4. The van der Waals surface area contributed by atoms with E-state index >= 15 is 0 Å². The number of hydrogen-bond acceptors (Lipinski definition) is 5. The lowest BCUT2D eigenvalue weighted by Gasteiger charge is -2.23. The molecule has 0 amide bonds. The molecule has 0 unspecified atom stereocenters. The topological polar surface area (TPSA) is 83.6 Å². The van der Waals surface area contributed by atoms with E-state index in [1.54, 1.807) is 6.08 Å². The molecule has 1 heterocycles. The summed E-state index contributed by atoms with van der Waals surface area (Å²) in [6.07, 6.45) is 4.23. The molecule has 1 atom stereocenters. The number of carbonyl (C=O) groups is 1. The van der Waals surface area contributed by atoms with Gasteiger partial charge in [-0.25, -0.2) is 0 Å². The monoisotopic (exact) mass is 235 g/mol. The number of ketones is 1. The third-order valence-corrected chi connectivity index (χ3v) is 2.76. The van der Waals surface area contributed by atoms with Crippen LogP contribution in [0, 0.1) is 11.8 Å². The molecule has 1 aliphatic rings. The van der Waals surface area contributed by atoms with Crippen LogP contribution in [0.2, 0.25) is 0 Å². The van der Waals surface area contributed by atoms with Gasteiger partial charge in [0.05, 0.1) is 0 Å². The zero-order valence-corrected chi connectivity index (χ0v) is 10.1. The lowest BCUT2D eigenvalue weighted by Crippen LogP contribution is -2.19. The Morgan fingerprint density at radius 2 is 2.35 bits per heavy atom. The number of allylic oxidation sites excluding steroid dienone is 2. The molecule has 0 aromatic carbocycles. The van der Waals surface area contributed by atoms with Gasteiger partial charge in [-0.2, -0.15) is 5.21 Å². The highest BCUT2D eigenvalue weighted by Gasteiger charge is 2.22. The van der Waals surface area contributed by atoms with Crippen LogP contribution in [0.1, 0.15) is 33.1 Å². The van der Waals surface area contributed by atoms with Crippen LogP contribution in [-0.2, 0) is 4.79 Å². The van der Waals surface area contributed by atoms with E-state index in [1.165, 1.54) is 0 Å². The van der Waals surface area contributed by atoms with Crippen LogP contribution < -0.4 is 5.32 Å². The molecule has 0 saturated heterocycles. The minimum Gasteiger partial charge on any atom is -0.325 e. The van der Waals surface area contributed by atoms with Crippen molar-refractivity contribution in [1.29, 1.82) is 0 Å². The molecule has 0 bridgehead atoms. The molecule has 0 saturated carbocycles. The second-order valence-corrected chi connectivity index (χ2v) is 4.90. The number of carbonyl (C=O) groups excluding carboxylic acids is 1. The van der Waals surface area contributed by atoms with Crippen molar-refractivity contribution in [2.45, 2.75) is 33.1 Å². The van der Waals surface area contributed by atoms with Crippen molar-refractivity contribution >= 4 is 11.7 Å². The summed E-state index contributed by atoms with van der Waals surface area (Å²) in [5.41, 5.74) is 0.883. The average molecular weight is 235 g/mol. The molecule has 0 spiro atoms. The van der Waals surface area contributed by atoms with Crippen LogP contribution in [0.4, 0.5) is 5.95 Å². The second-order valence-electron chi connectivity index (χ2n) is 4.90. The number of aromatic amines is 1. The van der Waals surface area contributed by atoms with Gasteiger partial charge in [0.1, 0.15) is 0 Å². The molecule has 92 valence electrons. The van der Waals surface area contributed by atoms with E-state index in [0.29, 0.717) is 24.2 Å². The van der Waals surface area contributed by atoms with Gasteiger partial charge in [0.25, 0.3) is 5.95 Å². The van der Waals surface area contributed by atoms with Gasteiger partial charge in [0, 0.05) is 18.2 Å². The number of nitrogens with zero attached hydrogens (tertiary/aromatic N) is 3. The Bertz CT molecular complexity index is 410. The molecule has 2 rings (SSSR count). The largest absolute Gasteiger partial charge is 0.325 e. The molecule has 1 aromatic heterocycles. The van der Waals surface area contributed by atoms with Crippen LogP contribution >= 0.6 is 0 Å². The molecule has 0 aliphatic heterocycles. The van der Waals surface area contributed by atoms with Gasteiger partial charge >= 0.3 is 0 Å². The van der Waals surface area contributed by atoms with Gasteiger partial charge < -0.3 is 5.32 Å². The van der Waals surface area contributed by atoms with Gasteiger partial charge in [-0.3, -0.25) is 4.79 Å². The maximum absolute atomic E-state index is 11.6. The molecule has 1 aliphatic carbocycles. The van der Waals surface area contributed by atoms with Crippen molar-refractivity contribution in [3.05, 3.63) is 11.8 Å². The standard InChI is InChI=1S/C11H17N5O/c1-7(2)3-8-4-9(6-10(17)5-8)12-11-13-15-16-14-11/h6-8H,3-5H2,1-2H3,(H2,12,13,14,15,16)/t8-/m1/s1. The molecule has 0 radical (unpaired) electrons. The third kappa shape index (κ3) is 3.37. The second kappa shape index (κ2) is 5.07. The van der Waals surface area contributed by atoms with E-state index in [9.17, 15) is 4.79 Å². The van der Waals surface area contributed by atoms with Crippen molar-refractivity contribution in [3.8, 4) is 0 Å². The summed E-state index contributed by atoms with van der Waals surface area (Å²) in [7, 11) is 0. The zero-order valence-electron chi connectivity index (χ0n) is 10.1. The maximum atomic E-state index is 11.6. The first-order valence-corrected chi connectivity index (χ1v) is 5.87. The van der Waals surface area contributed by atoms with Crippen LogP contribution in [-0.4, -0.2) is 26.4 Å². The molecule has 6 nitrogen and oxygen atoms in total. The predicted octanol–water partition coefficient (Wildman–Crippen LogP) is 1.52. The smallest absolute Gasteiger partial charge is 0.267 e. The number of aromatic nitrogens is 4. The van der Waals surface area contributed by atoms with E-state index in [2.05, 4.69) is 39.8 Å². The Balaban J connectivity index is 2.00. The summed E-state index contributed by atoms with van der Waals surface area (Å²) < 4.78 is 0. The molecule has 0 fully saturated rings. The van der Waals surface area contributed by atoms with Crippen molar-refractivity contribution in [3.63, 3.8) is 0 Å². The third-order valence-electron chi connectivity index (χ3n) is 2.76. The first kappa shape index (κ1) is 11.8. The van der Waals surface area contributed by atoms with E-state index in [-0.39, 0.29) is 5.78 Å². The maximum Gasteiger partial charge on any atom is 0.267 e. The van der Waals surface area contributed by atoms with Crippen LogP contribution in [0.15, 0.2) is 11.8 Å². The fourth-order valence-electron chi connectivity index (χ4n) is 2.26. The molecule has 17 heavy (non-hydrogen) atoms. The van der Waals surface area contributed by atoms with Crippen molar-refractivity contribution in [2.24, 2.45) is 11.8 Å². The van der Waals surface area contributed by atoms with Gasteiger partial charge in [-0.05, 0) is 29.9 Å². The SMILES string of the molecule is CC(C)C[C@H]1CC(=O)C=C(Nc2nn[nH]n2)C1. The quantitative estimate of drug-likeness (QED) is 0.826. The Kier molecular flexibility index (Phi) is 3.51. The van der Waals surface area contributed by atoms with E-state index in [0.717, 1.165) is 18.5 Å². The average Bonchev–Trinajstić information content (AvgIpc) is 2.67. The molecular formula is C11H17N5O. The summed E-state index contributed by atoms with van der Waals surface area (Å²) in [6.45, 7) is 4.35. The van der Waals surface area contributed by atoms with Gasteiger partial charge in [-0.15, -0.1) is 5.10 Å². The number of hydrogen-bond donors (Lipinski definition) is 2. The summed E-state index contributed by atoms with van der Waals surface area (Å²) in [6, 6.07) is 0. The summed E-state index contributed by atoms with van der Waals surface area (Å²) in [5, 5.41) is 16.5. The molecular weight excluding hydrogens is 218 g/mol. The minimum absolute atomic E-state index is 0.174. The zero-order chi connectivity index (χ0) is 12.3. The Morgan fingerprint density at radius 3 is 3.00 bits per heavy atom. The summed E-state index contributed by atoms with van der Waals surface area (Å²) in [4.78, 5) is 11.6. The first-order valence-electron chi connectivity index (χ1n) is 5.87. The van der Waals surface area contributed by atoms with E-state index in [4.69, 9.17) is 0 Å². The van der Waals surface area contributed by atoms with Crippen molar-refractivity contribution in [1.82, 2.24) is 20.6 Å². The number of anilines is 1. The van der Waals surface area contributed by atoms with Crippen LogP contribution in [0.25, 0.3) is 0 Å². The predicted molar refractivity (Wildman–Crippen MR) is 63.1 cm³/mol. The molecule has 2 N–H and O–H groups in total. The highest BCUT2D eigenvalue weighted by Crippen LogP contribution is 2.27. The summed E-state index contributed by atoms with van der Waals surface area (Å²) in [5.74, 6) is 1.61. The Labute approximate surface area is 99.9 Å². The summed E-state index contributed by atoms with van der Waals surface area (Å²) >= 11 is 0. The minimum atomic E-state index is 0.174. The molecule has 1 aromatic rings. The van der Waals surface area contributed by atoms with E-state index < -0.39 is 0 Å². The Morgan fingerprint density at radius 1 is 1.53 bits per heavy atom. The van der Waals surface area contributed by atoms with Gasteiger partial charge in [0.15, 0.2) is 5.78 Å². The van der Waals surface area contributed by atoms with Gasteiger partial charge in [0.2, 0.25) is 0 Å². The lowest BCUT2D eigenvalue weighted by atomic mass is 9.85. The normalized spacial score (nSPS) is 20.5. The van der Waals surface area contributed by atoms with Crippen molar-refractivity contribution in [2.75, 3.05) is 5.32 Å². The van der Waals surface area contributed by atoms with E-state index in [1.807, 2.05) is 0 Å². The van der Waals surface area contributed by atoms with Crippen molar-refractivity contribution < 1.29 is 4.79 Å². The number of nitrogens with one attached hydrogen (secondary N) is 2. The highest BCUT2D eigenvalue weighted by atomic mass is 16.1. The molecule has 6 heteroatoms. The van der Waals surface area contributed by atoms with Crippen LogP contribution in [0.5, 0.6) is 0 Å².